The topological polar surface area (TPSA) is 29.8 Å². The van der Waals surface area contributed by atoms with Crippen molar-refractivity contribution in [3.8, 4) is 0 Å². The summed E-state index contributed by atoms with van der Waals surface area (Å²) in [5.41, 5.74) is 2.75. The molecule has 0 spiro atoms. The number of hydrogen-bond acceptors (Lipinski definition) is 1. The van der Waals surface area contributed by atoms with Crippen molar-refractivity contribution in [2.75, 3.05) is 6.54 Å². The lowest BCUT2D eigenvalue weighted by Crippen LogP contribution is -2.84. The van der Waals surface area contributed by atoms with Crippen LogP contribution < -0.4 is 5.32 Å². The van der Waals surface area contributed by atoms with Gasteiger partial charge in [-0.3, -0.25) is 0 Å². The zero-order valence-corrected chi connectivity index (χ0v) is 14.3. The van der Waals surface area contributed by atoms with Gasteiger partial charge in [0.2, 0.25) is 0 Å². The molecule has 2 nitrogen and oxygen atoms in total. The van der Waals surface area contributed by atoms with Crippen LogP contribution in [0.2, 0.25) is 0 Å². The smallest absolute Gasteiger partial charge is 0.109 e. The molecule has 2 aromatic carbocycles. The van der Waals surface area contributed by atoms with Crippen LogP contribution in [-0.2, 0) is 6.42 Å². The van der Waals surface area contributed by atoms with Gasteiger partial charge in [0.05, 0.1) is 12.8 Å². The molecule has 1 heterocycles. The standard InChI is InChI=1S/C22H25NO/c1-18(20-11-6-3-7-12-20)23-15-14-21(22-13-8-16-24-22)17-19-9-4-2-5-10-19/h2-13,16,18,21,23H,14-15,17H2,1H3/p+1/t18-,21+/m1/s1. The second-order valence-corrected chi connectivity index (χ2v) is 6.41. The Hall–Kier alpha value is -2.32. The van der Waals surface area contributed by atoms with Gasteiger partial charge in [0.15, 0.2) is 0 Å². The summed E-state index contributed by atoms with van der Waals surface area (Å²) in [6.07, 6.45) is 3.92. The first-order valence-corrected chi connectivity index (χ1v) is 8.78. The Morgan fingerprint density at radius 1 is 0.875 bits per heavy atom. The molecule has 0 aliphatic rings. The molecular formula is C22H26NO+. The molecule has 2 atom stereocenters. The predicted molar refractivity (Wildman–Crippen MR) is 97.9 cm³/mol. The van der Waals surface area contributed by atoms with Gasteiger partial charge in [-0.05, 0) is 31.0 Å². The fraction of sp³-hybridized carbons (Fsp3) is 0.273. The third-order valence-electron chi connectivity index (χ3n) is 4.63. The molecule has 0 bridgehead atoms. The van der Waals surface area contributed by atoms with E-state index in [-0.39, 0.29) is 0 Å². The highest BCUT2D eigenvalue weighted by Crippen LogP contribution is 2.24. The van der Waals surface area contributed by atoms with Gasteiger partial charge >= 0.3 is 0 Å². The predicted octanol–water partition coefficient (Wildman–Crippen LogP) is 4.32. The van der Waals surface area contributed by atoms with Crippen LogP contribution in [0.15, 0.2) is 83.5 Å². The maximum absolute atomic E-state index is 5.70. The van der Waals surface area contributed by atoms with Gasteiger partial charge < -0.3 is 9.73 Å². The van der Waals surface area contributed by atoms with Crippen molar-refractivity contribution >= 4 is 0 Å². The molecule has 0 unspecified atom stereocenters. The fourth-order valence-electron chi connectivity index (χ4n) is 3.21. The first-order valence-electron chi connectivity index (χ1n) is 8.78. The average Bonchev–Trinajstić information content (AvgIpc) is 3.17. The zero-order valence-electron chi connectivity index (χ0n) is 14.3. The van der Waals surface area contributed by atoms with E-state index < -0.39 is 0 Å². The van der Waals surface area contributed by atoms with Crippen molar-refractivity contribution in [2.24, 2.45) is 0 Å². The normalized spacial score (nSPS) is 13.5. The summed E-state index contributed by atoms with van der Waals surface area (Å²) >= 11 is 0. The second-order valence-electron chi connectivity index (χ2n) is 6.41. The summed E-state index contributed by atoms with van der Waals surface area (Å²) in [5, 5.41) is 2.43. The quantitative estimate of drug-likeness (QED) is 0.658. The molecule has 0 fully saturated rings. The Bertz CT molecular complexity index is 691. The van der Waals surface area contributed by atoms with Gasteiger partial charge in [-0.2, -0.15) is 0 Å². The van der Waals surface area contributed by atoms with Gasteiger partial charge in [-0.25, -0.2) is 0 Å². The Morgan fingerprint density at radius 3 is 2.25 bits per heavy atom. The summed E-state index contributed by atoms with van der Waals surface area (Å²) in [6, 6.07) is 26.0. The van der Waals surface area contributed by atoms with E-state index in [2.05, 4.69) is 79.0 Å². The van der Waals surface area contributed by atoms with Crippen LogP contribution in [0.25, 0.3) is 0 Å². The Kier molecular flexibility index (Phi) is 5.86. The lowest BCUT2D eigenvalue weighted by Gasteiger charge is -2.16. The highest BCUT2D eigenvalue weighted by atomic mass is 16.3. The van der Waals surface area contributed by atoms with Crippen molar-refractivity contribution in [3.63, 3.8) is 0 Å². The van der Waals surface area contributed by atoms with Gasteiger partial charge in [-0.1, -0.05) is 60.7 Å². The first kappa shape index (κ1) is 16.5. The van der Waals surface area contributed by atoms with Crippen LogP contribution in [0.5, 0.6) is 0 Å². The monoisotopic (exact) mass is 320 g/mol. The minimum Gasteiger partial charge on any atom is -0.469 e. The molecule has 3 rings (SSSR count). The Morgan fingerprint density at radius 2 is 1.58 bits per heavy atom. The van der Waals surface area contributed by atoms with E-state index in [1.807, 2.05) is 6.07 Å². The molecule has 1 aromatic heterocycles. The summed E-state index contributed by atoms with van der Waals surface area (Å²) < 4.78 is 5.70. The number of rotatable bonds is 8. The number of quaternary nitrogens is 1. The summed E-state index contributed by atoms with van der Waals surface area (Å²) in [6.45, 7) is 3.36. The molecule has 0 saturated carbocycles. The SMILES string of the molecule is C[C@@H]([NH2+]CC[C@@H](Cc1ccccc1)c1ccco1)c1ccccc1. The van der Waals surface area contributed by atoms with Crippen LogP contribution in [0, 0.1) is 0 Å². The van der Waals surface area contributed by atoms with Crippen molar-refractivity contribution in [2.45, 2.75) is 31.7 Å². The Balaban J connectivity index is 1.58. The summed E-state index contributed by atoms with van der Waals surface area (Å²) in [4.78, 5) is 0. The molecule has 3 aromatic rings. The molecular weight excluding hydrogens is 294 g/mol. The minimum absolute atomic E-state index is 0.432. The van der Waals surface area contributed by atoms with Crippen molar-refractivity contribution < 1.29 is 9.73 Å². The Labute approximate surface area is 144 Å². The van der Waals surface area contributed by atoms with E-state index in [4.69, 9.17) is 4.42 Å². The van der Waals surface area contributed by atoms with E-state index in [0.717, 1.165) is 25.1 Å². The van der Waals surface area contributed by atoms with E-state index in [9.17, 15) is 0 Å². The molecule has 0 aliphatic heterocycles. The molecule has 2 N–H and O–H groups in total. The maximum Gasteiger partial charge on any atom is 0.109 e. The van der Waals surface area contributed by atoms with Crippen LogP contribution in [0.3, 0.4) is 0 Å². The average molecular weight is 320 g/mol. The number of nitrogens with two attached hydrogens (primary N) is 1. The van der Waals surface area contributed by atoms with Crippen molar-refractivity contribution in [3.05, 3.63) is 95.9 Å². The van der Waals surface area contributed by atoms with Gasteiger partial charge in [0.1, 0.15) is 11.8 Å². The molecule has 2 heteroatoms. The third-order valence-corrected chi connectivity index (χ3v) is 4.63. The first-order chi connectivity index (χ1) is 11.8. The lowest BCUT2D eigenvalue weighted by molar-refractivity contribution is -0.693. The summed E-state index contributed by atoms with van der Waals surface area (Å²) in [7, 11) is 0. The second kappa shape index (κ2) is 8.51. The number of furan rings is 1. The van der Waals surface area contributed by atoms with E-state index in [1.54, 1.807) is 6.26 Å². The highest BCUT2D eigenvalue weighted by molar-refractivity contribution is 5.19. The van der Waals surface area contributed by atoms with Crippen molar-refractivity contribution in [1.29, 1.82) is 0 Å². The van der Waals surface area contributed by atoms with Gasteiger partial charge in [0, 0.05) is 17.9 Å². The number of benzene rings is 2. The maximum atomic E-state index is 5.70. The van der Waals surface area contributed by atoms with Crippen LogP contribution in [0.1, 0.15) is 42.2 Å². The molecule has 0 saturated heterocycles. The van der Waals surface area contributed by atoms with Crippen molar-refractivity contribution in [1.82, 2.24) is 0 Å². The van der Waals surface area contributed by atoms with Gasteiger partial charge in [-0.15, -0.1) is 0 Å². The minimum atomic E-state index is 0.432. The van der Waals surface area contributed by atoms with E-state index in [1.165, 1.54) is 11.1 Å². The highest BCUT2D eigenvalue weighted by Gasteiger charge is 2.17. The van der Waals surface area contributed by atoms with E-state index >= 15 is 0 Å². The zero-order chi connectivity index (χ0) is 16.6. The molecule has 24 heavy (non-hydrogen) atoms. The molecule has 0 aliphatic carbocycles. The molecule has 0 amide bonds. The number of hydrogen-bond donors (Lipinski definition) is 1. The fourth-order valence-corrected chi connectivity index (χ4v) is 3.21. The third kappa shape index (κ3) is 4.59. The lowest BCUT2D eigenvalue weighted by atomic mass is 9.93. The molecule has 0 radical (unpaired) electrons. The van der Waals surface area contributed by atoms with Crippen LogP contribution >= 0.6 is 0 Å². The largest absolute Gasteiger partial charge is 0.469 e. The van der Waals surface area contributed by atoms with Crippen LogP contribution in [-0.4, -0.2) is 6.54 Å². The van der Waals surface area contributed by atoms with Gasteiger partial charge in [0.25, 0.3) is 0 Å². The summed E-state index contributed by atoms with van der Waals surface area (Å²) in [5.74, 6) is 1.53. The van der Waals surface area contributed by atoms with E-state index in [0.29, 0.717) is 12.0 Å². The van der Waals surface area contributed by atoms with Crippen LogP contribution in [0.4, 0.5) is 0 Å². The molecule has 124 valence electrons.